The van der Waals surface area contributed by atoms with Crippen LogP contribution in [0.3, 0.4) is 0 Å². The Kier molecular flexibility index (Phi) is 6.14. The van der Waals surface area contributed by atoms with Gasteiger partial charge in [0.15, 0.2) is 0 Å². The second-order valence-corrected chi connectivity index (χ2v) is 6.43. The van der Waals surface area contributed by atoms with Gasteiger partial charge in [0.05, 0.1) is 0 Å². The van der Waals surface area contributed by atoms with Crippen LogP contribution >= 0.6 is 11.8 Å². The molecule has 22 heavy (non-hydrogen) atoms. The van der Waals surface area contributed by atoms with Gasteiger partial charge in [-0.15, -0.1) is 0 Å². The molecule has 3 nitrogen and oxygen atoms in total. The van der Waals surface area contributed by atoms with Gasteiger partial charge in [0.25, 0.3) is 0 Å². The average molecular weight is 332 g/mol. The molecule has 1 aromatic rings. The number of hydrogen-bond acceptors (Lipinski definition) is 3. The van der Waals surface area contributed by atoms with Gasteiger partial charge < -0.3 is 10.6 Å². The van der Waals surface area contributed by atoms with Crippen molar-refractivity contribution < 1.29 is 18.0 Å². The van der Waals surface area contributed by atoms with Crippen LogP contribution in [0.4, 0.5) is 13.2 Å². The van der Waals surface area contributed by atoms with Crippen molar-refractivity contribution in [3.05, 3.63) is 35.9 Å². The molecule has 122 valence electrons. The Morgan fingerprint density at radius 3 is 2.68 bits per heavy atom. The molecule has 2 N–H and O–H groups in total. The van der Waals surface area contributed by atoms with Crippen molar-refractivity contribution in [2.45, 2.75) is 31.1 Å². The normalized spacial score (nSPS) is 20.4. The van der Waals surface area contributed by atoms with Gasteiger partial charge in [0, 0.05) is 36.9 Å². The van der Waals surface area contributed by atoms with Crippen LogP contribution in [0.15, 0.2) is 30.3 Å². The predicted octanol–water partition coefficient (Wildman–Crippen LogP) is 2.37. The Morgan fingerprint density at radius 1 is 1.36 bits per heavy atom. The topological polar surface area (TPSA) is 41.1 Å². The maximum Gasteiger partial charge on any atom is 0.408 e. The number of alkyl halides is 3. The van der Waals surface area contributed by atoms with Gasteiger partial charge in [-0.2, -0.15) is 24.9 Å². The Balaban J connectivity index is 1.93. The SMILES string of the molecule is O=C(CC1CSCCN1)NC(Cc1ccccc1)C(F)(F)F. The van der Waals surface area contributed by atoms with Crippen molar-refractivity contribution in [2.24, 2.45) is 0 Å². The lowest BCUT2D eigenvalue weighted by Gasteiger charge is -2.25. The van der Waals surface area contributed by atoms with Crippen molar-refractivity contribution in [3.8, 4) is 0 Å². The lowest BCUT2D eigenvalue weighted by molar-refractivity contribution is -0.161. The summed E-state index contributed by atoms with van der Waals surface area (Å²) in [6, 6.07) is 6.48. The standard InChI is InChI=1S/C15H19F3N2OS/c16-15(17,18)13(8-11-4-2-1-3-5-11)20-14(21)9-12-10-22-7-6-19-12/h1-5,12-13,19H,6-10H2,(H,20,21). The van der Waals surface area contributed by atoms with E-state index >= 15 is 0 Å². The maximum atomic E-state index is 13.1. The van der Waals surface area contributed by atoms with Crippen molar-refractivity contribution in [3.63, 3.8) is 0 Å². The summed E-state index contributed by atoms with van der Waals surface area (Å²) in [6.07, 6.45) is -4.63. The molecule has 1 heterocycles. The minimum absolute atomic E-state index is 0.0515. The molecule has 0 radical (unpaired) electrons. The Bertz CT molecular complexity index is 475. The van der Waals surface area contributed by atoms with Crippen molar-refractivity contribution in [2.75, 3.05) is 18.1 Å². The van der Waals surface area contributed by atoms with Gasteiger partial charge in [-0.05, 0) is 5.56 Å². The molecular weight excluding hydrogens is 313 g/mol. The minimum Gasteiger partial charge on any atom is -0.344 e. The van der Waals surface area contributed by atoms with Gasteiger partial charge in [-0.25, -0.2) is 0 Å². The number of halogens is 3. The summed E-state index contributed by atoms with van der Waals surface area (Å²) in [5.41, 5.74) is 0.552. The van der Waals surface area contributed by atoms with Gasteiger partial charge in [0.1, 0.15) is 6.04 Å². The number of thioether (sulfide) groups is 1. The summed E-state index contributed by atoms with van der Waals surface area (Å²) in [4.78, 5) is 11.9. The average Bonchev–Trinajstić information content (AvgIpc) is 2.48. The molecule has 1 aliphatic rings. The Hall–Kier alpha value is -1.21. The molecule has 7 heteroatoms. The number of carbonyl (C=O) groups is 1. The molecule has 2 atom stereocenters. The van der Waals surface area contributed by atoms with Crippen LogP contribution in [-0.2, 0) is 11.2 Å². The van der Waals surface area contributed by atoms with E-state index in [-0.39, 0.29) is 18.9 Å². The lowest BCUT2D eigenvalue weighted by Crippen LogP contribution is -2.49. The number of benzene rings is 1. The summed E-state index contributed by atoms with van der Waals surface area (Å²) in [5, 5.41) is 5.29. The molecule has 0 bridgehead atoms. The number of nitrogens with one attached hydrogen (secondary N) is 2. The van der Waals surface area contributed by atoms with Gasteiger partial charge >= 0.3 is 6.18 Å². The van der Waals surface area contributed by atoms with Crippen molar-refractivity contribution >= 4 is 17.7 Å². The van der Waals surface area contributed by atoms with Crippen LogP contribution in [0.2, 0.25) is 0 Å². The van der Waals surface area contributed by atoms with Crippen LogP contribution in [-0.4, -0.2) is 42.2 Å². The zero-order valence-corrected chi connectivity index (χ0v) is 12.8. The molecule has 0 spiro atoms. The molecule has 1 amide bonds. The molecule has 0 aliphatic carbocycles. The summed E-state index contributed by atoms with van der Waals surface area (Å²) >= 11 is 1.71. The quantitative estimate of drug-likeness (QED) is 0.870. The van der Waals surface area contributed by atoms with Crippen LogP contribution < -0.4 is 10.6 Å². The zero-order chi connectivity index (χ0) is 16.0. The Labute approximate surface area is 132 Å². The molecule has 1 fully saturated rings. The fraction of sp³-hybridized carbons (Fsp3) is 0.533. The zero-order valence-electron chi connectivity index (χ0n) is 12.0. The maximum absolute atomic E-state index is 13.1. The van der Waals surface area contributed by atoms with E-state index in [1.165, 1.54) is 0 Å². The molecule has 0 aromatic heterocycles. The van der Waals surface area contributed by atoms with Crippen molar-refractivity contribution in [1.29, 1.82) is 0 Å². The van der Waals surface area contributed by atoms with Gasteiger partial charge in [0.2, 0.25) is 5.91 Å². The molecule has 2 unspecified atom stereocenters. The van der Waals surface area contributed by atoms with Crippen LogP contribution in [0.5, 0.6) is 0 Å². The smallest absolute Gasteiger partial charge is 0.344 e. The fourth-order valence-corrected chi connectivity index (χ4v) is 3.28. The molecular formula is C15H19F3N2OS. The Morgan fingerprint density at radius 2 is 2.09 bits per heavy atom. The van der Waals surface area contributed by atoms with Gasteiger partial charge in [-0.1, -0.05) is 30.3 Å². The first-order valence-electron chi connectivity index (χ1n) is 7.16. The minimum atomic E-state index is -4.46. The van der Waals surface area contributed by atoms with E-state index in [1.54, 1.807) is 42.1 Å². The predicted molar refractivity (Wildman–Crippen MR) is 81.9 cm³/mol. The highest BCUT2D eigenvalue weighted by atomic mass is 32.2. The number of hydrogen-bond donors (Lipinski definition) is 2. The third-order valence-corrected chi connectivity index (χ3v) is 4.57. The third kappa shape index (κ3) is 5.53. The second-order valence-electron chi connectivity index (χ2n) is 5.28. The number of amides is 1. The van der Waals surface area contributed by atoms with E-state index in [2.05, 4.69) is 10.6 Å². The van der Waals surface area contributed by atoms with E-state index in [1.807, 2.05) is 0 Å². The summed E-state index contributed by atoms with van der Waals surface area (Å²) < 4.78 is 39.3. The first-order valence-corrected chi connectivity index (χ1v) is 8.32. The highest BCUT2D eigenvalue weighted by molar-refractivity contribution is 7.99. The lowest BCUT2D eigenvalue weighted by atomic mass is 10.1. The first-order chi connectivity index (χ1) is 10.4. The van der Waals surface area contributed by atoms with Crippen LogP contribution in [0.1, 0.15) is 12.0 Å². The van der Waals surface area contributed by atoms with Crippen molar-refractivity contribution in [1.82, 2.24) is 10.6 Å². The van der Waals surface area contributed by atoms with Crippen LogP contribution in [0.25, 0.3) is 0 Å². The van der Waals surface area contributed by atoms with E-state index < -0.39 is 18.1 Å². The highest BCUT2D eigenvalue weighted by Gasteiger charge is 2.40. The fourth-order valence-electron chi connectivity index (χ4n) is 2.33. The number of carbonyl (C=O) groups excluding carboxylic acids is 1. The van der Waals surface area contributed by atoms with Gasteiger partial charge in [-0.3, -0.25) is 4.79 Å². The highest BCUT2D eigenvalue weighted by Crippen LogP contribution is 2.23. The summed E-state index contributed by atoms with van der Waals surface area (Å²) in [6.45, 7) is 0.787. The largest absolute Gasteiger partial charge is 0.408 e. The van der Waals surface area contributed by atoms with Crippen LogP contribution in [0, 0.1) is 0 Å². The molecule has 2 rings (SSSR count). The number of rotatable bonds is 5. The molecule has 1 aromatic carbocycles. The first kappa shape index (κ1) is 17.1. The third-order valence-electron chi connectivity index (χ3n) is 3.44. The second kappa shape index (κ2) is 7.87. The van der Waals surface area contributed by atoms with E-state index in [4.69, 9.17) is 0 Å². The summed E-state index contributed by atoms with van der Waals surface area (Å²) in [5.74, 6) is 1.17. The molecule has 1 aliphatic heterocycles. The van der Waals surface area contributed by atoms with E-state index in [0.717, 1.165) is 18.1 Å². The van der Waals surface area contributed by atoms with E-state index in [0.29, 0.717) is 5.56 Å². The summed E-state index contributed by atoms with van der Waals surface area (Å²) in [7, 11) is 0. The monoisotopic (exact) mass is 332 g/mol. The van der Waals surface area contributed by atoms with E-state index in [9.17, 15) is 18.0 Å². The molecule has 0 saturated carbocycles. The molecule has 1 saturated heterocycles.